The number of carbonyl (C=O) groups is 1. The molecule has 0 radical (unpaired) electrons. The second-order valence-corrected chi connectivity index (χ2v) is 4.92. The van der Waals surface area contributed by atoms with Gasteiger partial charge in [-0.3, -0.25) is 9.78 Å². The molecule has 1 aromatic heterocycles. The Bertz CT molecular complexity index is 810. The van der Waals surface area contributed by atoms with Crippen LogP contribution in [0.4, 0.5) is 5.69 Å². The van der Waals surface area contributed by atoms with Gasteiger partial charge in [-0.25, -0.2) is 0 Å². The molecule has 0 saturated carbocycles. The van der Waals surface area contributed by atoms with Crippen LogP contribution in [0.25, 0.3) is 10.8 Å². The first kappa shape index (κ1) is 14.2. The van der Waals surface area contributed by atoms with Gasteiger partial charge in [-0.05, 0) is 17.5 Å². The number of aromatic nitrogens is 1. The van der Waals surface area contributed by atoms with Crippen LogP contribution in [0.1, 0.15) is 16.1 Å². The lowest BCUT2D eigenvalue weighted by molar-refractivity contribution is 0.102. The van der Waals surface area contributed by atoms with E-state index in [1.807, 2.05) is 54.6 Å². The highest BCUT2D eigenvalue weighted by atomic mass is 16.5. The normalized spacial score (nSPS) is 10.6. The van der Waals surface area contributed by atoms with Crippen molar-refractivity contribution in [1.82, 2.24) is 4.98 Å². The number of hydrogen-bond donors (Lipinski definition) is 1. The highest BCUT2D eigenvalue weighted by Gasteiger charge is 2.13. The van der Waals surface area contributed by atoms with Crippen molar-refractivity contribution in [2.45, 2.75) is 6.61 Å². The number of fused-ring (bicyclic) bond motifs is 1. The van der Waals surface area contributed by atoms with Gasteiger partial charge in [0.2, 0.25) is 0 Å². The Kier molecular flexibility index (Phi) is 4.12. The van der Waals surface area contributed by atoms with Gasteiger partial charge >= 0.3 is 0 Å². The molecule has 4 heteroatoms. The lowest BCUT2D eigenvalue weighted by atomic mass is 10.1. The van der Waals surface area contributed by atoms with Crippen molar-refractivity contribution in [2.75, 3.05) is 12.4 Å². The van der Waals surface area contributed by atoms with Crippen molar-refractivity contribution in [2.24, 2.45) is 0 Å². The molecule has 110 valence electrons. The van der Waals surface area contributed by atoms with Crippen LogP contribution >= 0.6 is 0 Å². The minimum Gasteiger partial charge on any atom is -0.380 e. The molecular weight excluding hydrogens is 276 g/mol. The molecule has 0 aliphatic rings. The zero-order valence-electron chi connectivity index (χ0n) is 12.2. The van der Waals surface area contributed by atoms with E-state index in [9.17, 15) is 4.79 Å². The smallest absolute Gasteiger partial charge is 0.274 e. The van der Waals surface area contributed by atoms with Gasteiger partial charge in [0.1, 0.15) is 5.69 Å². The van der Waals surface area contributed by atoms with Crippen LogP contribution in [-0.2, 0) is 11.3 Å². The van der Waals surface area contributed by atoms with Crippen molar-refractivity contribution >= 4 is 22.4 Å². The number of rotatable bonds is 4. The summed E-state index contributed by atoms with van der Waals surface area (Å²) in [6, 6.07) is 17.2. The quantitative estimate of drug-likeness (QED) is 0.799. The molecule has 4 nitrogen and oxygen atoms in total. The average molecular weight is 292 g/mol. The van der Waals surface area contributed by atoms with Gasteiger partial charge < -0.3 is 10.1 Å². The zero-order chi connectivity index (χ0) is 15.4. The summed E-state index contributed by atoms with van der Waals surface area (Å²) in [4.78, 5) is 16.8. The highest BCUT2D eigenvalue weighted by Crippen LogP contribution is 2.20. The van der Waals surface area contributed by atoms with Crippen LogP contribution < -0.4 is 5.32 Å². The fraction of sp³-hybridized carbons (Fsp3) is 0.111. The number of nitrogens with one attached hydrogen (secondary N) is 1. The summed E-state index contributed by atoms with van der Waals surface area (Å²) >= 11 is 0. The monoisotopic (exact) mass is 292 g/mol. The molecule has 1 N–H and O–H groups in total. The first-order valence-electron chi connectivity index (χ1n) is 7.01. The Labute approximate surface area is 128 Å². The van der Waals surface area contributed by atoms with Crippen LogP contribution in [0.3, 0.4) is 0 Å². The zero-order valence-corrected chi connectivity index (χ0v) is 12.2. The Hall–Kier alpha value is -2.72. The van der Waals surface area contributed by atoms with E-state index >= 15 is 0 Å². The third kappa shape index (κ3) is 2.82. The Balaban J connectivity index is 1.94. The SMILES string of the molecule is COCc1ccccc1NC(=O)c1nccc2ccccc12. The first-order chi connectivity index (χ1) is 10.8. The fourth-order valence-electron chi connectivity index (χ4n) is 2.41. The Morgan fingerprint density at radius 2 is 1.86 bits per heavy atom. The molecule has 0 unspecified atom stereocenters. The summed E-state index contributed by atoms with van der Waals surface area (Å²) in [5.74, 6) is -0.222. The van der Waals surface area contributed by atoms with E-state index < -0.39 is 0 Å². The van der Waals surface area contributed by atoms with E-state index in [-0.39, 0.29) is 5.91 Å². The standard InChI is InChI=1S/C18H16N2O2/c1-22-12-14-7-3-5-9-16(14)20-18(21)17-15-8-4-2-6-13(15)10-11-19-17/h2-11H,12H2,1H3,(H,20,21). The van der Waals surface area contributed by atoms with Crippen LogP contribution in [0, 0.1) is 0 Å². The average Bonchev–Trinajstić information content (AvgIpc) is 2.56. The second-order valence-electron chi connectivity index (χ2n) is 4.92. The topological polar surface area (TPSA) is 51.2 Å². The molecule has 0 saturated heterocycles. The van der Waals surface area contributed by atoms with Gasteiger partial charge in [0, 0.05) is 29.9 Å². The number of nitrogens with zero attached hydrogens (tertiary/aromatic N) is 1. The summed E-state index contributed by atoms with van der Waals surface area (Å²) in [5.41, 5.74) is 2.09. The van der Waals surface area contributed by atoms with Crippen molar-refractivity contribution in [1.29, 1.82) is 0 Å². The molecule has 22 heavy (non-hydrogen) atoms. The molecule has 3 rings (SSSR count). The summed E-state index contributed by atoms with van der Waals surface area (Å²) < 4.78 is 5.16. The van der Waals surface area contributed by atoms with Crippen molar-refractivity contribution in [3.63, 3.8) is 0 Å². The van der Waals surface area contributed by atoms with Gasteiger partial charge in [-0.15, -0.1) is 0 Å². The number of methoxy groups -OCH3 is 1. The lowest BCUT2D eigenvalue weighted by Crippen LogP contribution is -2.15. The first-order valence-corrected chi connectivity index (χ1v) is 7.01. The van der Waals surface area contributed by atoms with E-state index in [4.69, 9.17) is 4.74 Å². The molecule has 0 aliphatic carbocycles. The van der Waals surface area contributed by atoms with Crippen LogP contribution in [0.2, 0.25) is 0 Å². The Morgan fingerprint density at radius 3 is 2.73 bits per heavy atom. The van der Waals surface area contributed by atoms with Gasteiger partial charge in [0.15, 0.2) is 0 Å². The molecule has 0 spiro atoms. The van der Waals surface area contributed by atoms with Crippen molar-refractivity contribution in [3.8, 4) is 0 Å². The number of para-hydroxylation sites is 1. The van der Waals surface area contributed by atoms with Crippen LogP contribution in [0.15, 0.2) is 60.8 Å². The third-order valence-electron chi connectivity index (χ3n) is 3.45. The second kappa shape index (κ2) is 6.37. The molecule has 1 heterocycles. The van der Waals surface area contributed by atoms with E-state index in [1.165, 1.54) is 0 Å². The Morgan fingerprint density at radius 1 is 1.09 bits per heavy atom. The number of amides is 1. The minimum atomic E-state index is -0.222. The largest absolute Gasteiger partial charge is 0.380 e. The van der Waals surface area contributed by atoms with Gasteiger partial charge in [-0.2, -0.15) is 0 Å². The number of benzene rings is 2. The van der Waals surface area contributed by atoms with Gasteiger partial charge in [0.05, 0.1) is 6.61 Å². The molecule has 3 aromatic rings. The van der Waals surface area contributed by atoms with Crippen molar-refractivity contribution < 1.29 is 9.53 Å². The minimum absolute atomic E-state index is 0.222. The number of anilines is 1. The number of pyridine rings is 1. The fourth-order valence-corrected chi connectivity index (χ4v) is 2.41. The van der Waals surface area contributed by atoms with E-state index in [0.717, 1.165) is 22.0 Å². The maximum Gasteiger partial charge on any atom is 0.274 e. The van der Waals surface area contributed by atoms with Crippen molar-refractivity contribution in [3.05, 3.63) is 72.1 Å². The molecule has 1 amide bonds. The van der Waals surface area contributed by atoms with Gasteiger partial charge in [0.25, 0.3) is 5.91 Å². The maximum absolute atomic E-state index is 12.6. The summed E-state index contributed by atoms with van der Waals surface area (Å²) in [6.45, 7) is 0.444. The number of carbonyl (C=O) groups excluding carboxylic acids is 1. The summed E-state index contributed by atoms with van der Waals surface area (Å²) in [5, 5.41) is 4.76. The molecule has 0 bridgehead atoms. The summed E-state index contributed by atoms with van der Waals surface area (Å²) in [6.07, 6.45) is 1.65. The van der Waals surface area contributed by atoms with E-state index in [0.29, 0.717) is 12.3 Å². The van der Waals surface area contributed by atoms with Crippen LogP contribution in [-0.4, -0.2) is 18.0 Å². The summed E-state index contributed by atoms with van der Waals surface area (Å²) in [7, 11) is 1.63. The van der Waals surface area contributed by atoms with E-state index in [1.54, 1.807) is 13.3 Å². The molecule has 0 fully saturated rings. The third-order valence-corrected chi connectivity index (χ3v) is 3.45. The predicted octanol–water partition coefficient (Wildman–Crippen LogP) is 3.63. The van der Waals surface area contributed by atoms with Gasteiger partial charge in [-0.1, -0.05) is 42.5 Å². The lowest BCUT2D eigenvalue weighted by Gasteiger charge is -2.11. The maximum atomic E-state index is 12.6. The van der Waals surface area contributed by atoms with Crippen LogP contribution in [0.5, 0.6) is 0 Å². The molecule has 0 aliphatic heterocycles. The predicted molar refractivity (Wildman–Crippen MR) is 86.9 cm³/mol. The number of ether oxygens (including phenoxy) is 1. The van der Waals surface area contributed by atoms with E-state index in [2.05, 4.69) is 10.3 Å². The molecule has 2 aromatic carbocycles. The number of hydrogen-bond acceptors (Lipinski definition) is 3. The molecule has 0 atom stereocenters. The highest BCUT2D eigenvalue weighted by molar-refractivity contribution is 6.11. The molecular formula is C18H16N2O2.